The molecule has 0 saturated heterocycles. The van der Waals surface area contributed by atoms with Gasteiger partial charge < -0.3 is 4.90 Å². The van der Waals surface area contributed by atoms with Gasteiger partial charge in [-0.05, 0) is 49.8 Å². The topological polar surface area (TPSA) is 36.4 Å². The van der Waals surface area contributed by atoms with Crippen LogP contribution in [0.2, 0.25) is 0 Å². The van der Waals surface area contributed by atoms with E-state index >= 15 is 0 Å². The number of nitrogens with zero attached hydrogens (tertiary/aromatic N) is 3. The minimum atomic E-state index is 0.0956. The summed E-state index contributed by atoms with van der Waals surface area (Å²) in [5, 5.41) is 1.34. The Hall–Kier alpha value is -1.89. The largest absolute Gasteiger partial charge is 0.308 e. The molecule has 6 heteroatoms. The van der Waals surface area contributed by atoms with Crippen LogP contribution in [0, 0.1) is 0 Å². The number of hydrogen-bond acceptors (Lipinski definition) is 5. The van der Waals surface area contributed by atoms with Gasteiger partial charge in [-0.25, -0.2) is 4.98 Å². The molecule has 160 valence electrons. The van der Waals surface area contributed by atoms with E-state index in [1.165, 1.54) is 10.5 Å². The minimum absolute atomic E-state index is 0.0956. The predicted molar refractivity (Wildman–Crippen MR) is 131 cm³/mol. The molecule has 0 aliphatic rings. The van der Waals surface area contributed by atoms with E-state index in [1.54, 1.807) is 11.3 Å². The van der Waals surface area contributed by atoms with Crippen molar-refractivity contribution in [2.45, 2.75) is 43.8 Å². The highest BCUT2D eigenvalue weighted by atomic mass is 32.2. The summed E-state index contributed by atoms with van der Waals surface area (Å²) in [5.74, 6) is 0.0956. The van der Waals surface area contributed by atoms with Gasteiger partial charge in [0, 0.05) is 23.2 Å². The Balaban J connectivity index is 1.83. The van der Waals surface area contributed by atoms with Crippen LogP contribution in [0.4, 0.5) is 5.13 Å². The van der Waals surface area contributed by atoms with E-state index in [-0.39, 0.29) is 5.91 Å². The molecule has 0 aliphatic heterocycles. The summed E-state index contributed by atoms with van der Waals surface area (Å²) < 4.78 is 1.14. The van der Waals surface area contributed by atoms with E-state index in [1.807, 2.05) is 30.8 Å². The lowest BCUT2D eigenvalue weighted by Gasteiger charge is -2.22. The third-order valence-electron chi connectivity index (χ3n) is 4.83. The summed E-state index contributed by atoms with van der Waals surface area (Å²) in [5.41, 5.74) is 3.30. The Morgan fingerprint density at radius 3 is 2.47 bits per heavy atom. The highest BCUT2D eigenvalue weighted by Gasteiger charge is 2.21. The Kier molecular flexibility index (Phi) is 7.92. The van der Waals surface area contributed by atoms with Gasteiger partial charge in [-0.3, -0.25) is 9.69 Å². The number of anilines is 1. The van der Waals surface area contributed by atoms with Crippen molar-refractivity contribution >= 4 is 44.4 Å². The first-order valence-corrected chi connectivity index (χ1v) is 12.2. The van der Waals surface area contributed by atoms with Gasteiger partial charge in [0.25, 0.3) is 0 Å². The van der Waals surface area contributed by atoms with Gasteiger partial charge in [0.05, 0.1) is 16.6 Å². The Labute approximate surface area is 188 Å². The Morgan fingerprint density at radius 2 is 1.83 bits per heavy atom. The van der Waals surface area contributed by atoms with Crippen molar-refractivity contribution in [3.8, 4) is 0 Å². The molecule has 0 aliphatic carbocycles. The SMILES string of the molecule is CCc1cccc2sc(N(CCN(C)C)C(=O)Cc3ccc(SC(C)C)cc3)nc12. The number of aryl methyl sites for hydroxylation is 1. The van der Waals surface area contributed by atoms with Crippen molar-refractivity contribution in [2.75, 3.05) is 32.1 Å². The molecular formula is C24H31N3OS2. The fourth-order valence-corrected chi connectivity index (χ4v) is 5.14. The molecule has 0 unspecified atom stereocenters. The number of aromatic nitrogens is 1. The fraction of sp³-hybridized carbons (Fsp3) is 0.417. The number of carbonyl (C=O) groups is 1. The Morgan fingerprint density at radius 1 is 1.10 bits per heavy atom. The molecule has 0 saturated carbocycles. The van der Waals surface area contributed by atoms with Gasteiger partial charge in [-0.1, -0.05) is 56.4 Å². The molecule has 1 aromatic heterocycles. The molecule has 1 amide bonds. The number of benzene rings is 2. The predicted octanol–water partition coefficient (Wildman–Crippen LogP) is 5.50. The lowest BCUT2D eigenvalue weighted by Crippen LogP contribution is -2.37. The van der Waals surface area contributed by atoms with Gasteiger partial charge in [-0.2, -0.15) is 0 Å². The summed E-state index contributed by atoms with van der Waals surface area (Å²) in [6.45, 7) is 7.95. The summed E-state index contributed by atoms with van der Waals surface area (Å²) in [6.07, 6.45) is 1.32. The second-order valence-corrected chi connectivity index (χ2v) is 10.6. The number of hydrogen-bond donors (Lipinski definition) is 0. The average molecular weight is 442 g/mol. The van der Waals surface area contributed by atoms with Gasteiger partial charge in [-0.15, -0.1) is 11.8 Å². The zero-order valence-corrected chi connectivity index (χ0v) is 20.1. The standard InChI is InChI=1S/C24H31N3OS2/c1-6-19-8-7-9-21-23(19)25-24(30-21)27(15-14-26(4)5)22(28)16-18-10-12-20(13-11-18)29-17(2)3/h7-13,17H,6,14-16H2,1-5H3. The first-order valence-electron chi connectivity index (χ1n) is 10.5. The van der Waals surface area contributed by atoms with Crippen LogP contribution in [-0.4, -0.2) is 48.2 Å². The summed E-state index contributed by atoms with van der Waals surface area (Å²) in [7, 11) is 4.06. The van der Waals surface area contributed by atoms with Crippen molar-refractivity contribution in [2.24, 2.45) is 0 Å². The second kappa shape index (κ2) is 10.4. The van der Waals surface area contributed by atoms with Crippen molar-refractivity contribution in [1.29, 1.82) is 0 Å². The number of amides is 1. The zero-order chi connectivity index (χ0) is 21.7. The monoisotopic (exact) mass is 441 g/mol. The van der Waals surface area contributed by atoms with E-state index in [2.05, 4.69) is 68.1 Å². The first kappa shape index (κ1) is 22.8. The zero-order valence-electron chi connectivity index (χ0n) is 18.5. The summed E-state index contributed by atoms with van der Waals surface area (Å²) in [4.78, 5) is 23.4. The molecule has 1 heterocycles. The highest BCUT2D eigenvalue weighted by molar-refractivity contribution is 7.99. The number of thiazole rings is 1. The van der Waals surface area contributed by atoms with Crippen molar-refractivity contribution < 1.29 is 4.79 Å². The average Bonchev–Trinajstić information content (AvgIpc) is 3.12. The number of para-hydroxylation sites is 1. The van der Waals surface area contributed by atoms with Crippen LogP contribution in [0.1, 0.15) is 31.9 Å². The molecule has 3 rings (SSSR count). The second-order valence-electron chi connectivity index (χ2n) is 7.95. The highest BCUT2D eigenvalue weighted by Crippen LogP contribution is 2.31. The smallest absolute Gasteiger partial charge is 0.233 e. The molecule has 2 aromatic carbocycles. The van der Waals surface area contributed by atoms with E-state index in [0.717, 1.165) is 33.9 Å². The molecule has 0 radical (unpaired) electrons. The van der Waals surface area contributed by atoms with Gasteiger partial charge in [0.2, 0.25) is 5.91 Å². The quantitative estimate of drug-likeness (QED) is 0.411. The van der Waals surface area contributed by atoms with Crippen LogP contribution in [0.3, 0.4) is 0 Å². The maximum Gasteiger partial charge on any atom is 0.233 e. The molecule has 0 N–H and O–H groups in total. The van der Waals surface area contributed by atoms with E-state index in [9.17, 15) is 4.79 Å². The molecule has 0 spiro atoms. The van der Waals surface area contributed by atoms with Crippen LogP contribution in [-0.2, 0) is 17.6 Å². The summed E-state index contributed by atoms with van der Waals surface area (Å²) >= 11 is 3.44. The maximum absolute atomic E-state index is 13.3. The van der Waals surface area contributed by atoms with Gasteiger partial charge in [0.15, 0.2) is 5.13 Å². The van der Waals surface area contributed by atoms with Crippen LogP contribution in [0.25, 0.3) is 10.2 Å². The van der Waals surface area contributed by atoms with E-state index in [0.29, 0.717) is 18.2 Å². The number of likely N-dealkylation sites (N-methyl/N-ethyl adjacent to an activating group) is 1. The molecule has 3 aromatic rings. The fourth-order valence-electron chi connectivity index (χ4n) is 3.25. The molecule has 0 atom stereocenters. The van der Waals surface area contributed by atoms with Gasteiger partial charge in [0.1, 0.15) is 0 Å². The van der Waals surface area contributed by atoms with Crippen LogP contribution < -0.4 is 4.90 Å². The van der Waals surface area contributed by atoms with Crippen molar-refractivity contribution in [3.05, 3.63) is 53.6 Å². The maximum atomic E-state index is 13.3. The number of rotatable bonds is 9. The number of fused-ring (bicyclic) bond motifs is 1. The van der Waals surface area contributed by atoms with Crippen molar-refractivity contribution in [1.82, 2.24) is 9.88 Å². The van der Waals surface area contributed by atoms with Gasteiger partial charge >= 0.3 is 0 Å². The van der Waals surface area contributed by atoms with Crippen LogP contribution in [0.15, 0.2) is 47.4 Å². The van der Waals surface area contributed by atoms with Crippen LogP contribution in [0.5, 0.6) is 0 Å². The third-order valence-corrected chi connectivity index (χ3v) is 6.88. The van der Waals surface area contributed by atoms with E-state index < -0.39 is 0 Å². The summed E-state index contributed by atoms with van der Waals surface area (Å²) in [6, 6.07) is 14.7. The Bertz CT molecular complexity index is 980. The molecule has 0 fully saturated rings. The minimum Gasteiger partial charge on any atom is -0.308 e. The normalized spacial score (nSPS) is 11.6. The molecule has 0 bridgehead atoms. The number of thioether (sulfide) groups is 1. The lowest BCUT2D eigenvalue weighted by atomic mass is 10.1. The van der Waals surface area contributed by atoms with E-state index in [4.69, 9.17) is 4.98 Å². The third kappa shape index (κ3) is 5.84. The lowest BCUT2D eigenvalue weighted by molar-refractivity contribution is -0.118. The van der Waals surface area contributed by atoms with Crippen molar-refractivity contribution in [3.63, 3.8) is 0 Å². The number of carbonyl (C=O) groups excluding carboxylic acids is 1. The molecule has 30 heavy (non-hydrogen) atoms. The van der Waals surface area contributed by atoms with Crippen LogP contribution >= 0.6 is 23.1 Å². The molecular weight excluding hydrogens is 410 g/mol. The first-order chi connectivity index (χ1) is 14.4. The molecule has 4 nitrogen and oxygen atoms in total.